The SMILES string of the molecule is CCCC[C@@H](C(O)C(=O)Nc1ccn[nH]1)N(C(=O)O)C1CC(C)(C)CN1c1nnc(C(F)(F)F)s1. The molecule has 2 amide bonds. The van der Waals surface area contributed by atoms with Gasteiger partial charge in [-0.25, -0.2) is 4.79 Å². The van der Waals surface area contributed by atoms with Crippen molar-refractivity contribution >= 4 is 34.3 Å². The van der Waals surface area contributed by atoms with E-state index in [9.17, 15) is 33.0 Å². The minimum absolute atomic E-state index is 0.0789. The van der Waals surface area contributed by atoms with Crippen LogP contribution in [-0.4, -0.2) is 72.4 Å². The summed E-state index contributed by atoms with van der Waals surface area (Å²) >= 11 is 0.324. The fourth-order valence-corrected chi connectivity index (χ4v) is 4.94. The molecule has 3 atom stereocenters. The molecule has 1 aliphatic heterocycles. The second-order valence-electron chi connectivity index (χ2n) is 9.17. The molecular weight excluding hydrogens is 491 g/mol. The maximum Gasteiger partial charge on any atom is 0.445 e. The van der Waals surface area contributed by atoms with Gasteiger partial charge in [0.2, 0.25) is 10.1 Å². The number of carbonyl (C=O) groups excluding carboxylic acids is 1. The third-order valence-corrected chi connectivity index (χ3v) is 6.75. The van der Waals surface area contributed by atoms with E-state index in [2.05, 4.69) is 25.7 Å². The fraction of sp³-hybridized carbons (Fsp3) is 0.650. The van der Waals surface area contributed by atoms with Crippen molar-refractivity contribution in [1.82, 2.24) is 25.3 Å². The largest absolute Gasteiger partial charge is 0.465 e. The fourth-order valence-electron chi connectivity index (χ4n) is 4.18. The van der Waals surface area contributed by atoms with Crippen LogP contribution < -0.4 is 10.2 Å². The number of hydrogen-bond acceptors (Lipinski definition) is 8. The first-order chi connectivity index (χ1) is 16.3. The van der Waals surface area contributed by atoms with Crippen molar-refractivity contribution in [2.45, 2.75) is 70.9 Å². The van der Waals surface area contributed by atoms with Gasteiger partial charge >= 0.3 is 12.3 Å². The lowest BCUT2D eigenvalue weighted by Gasteiger charge is -2.39. The van der Waals surface area contributed by atoms with Crippen LogP contribution in [0.25, 0.3) is 0 Å². The minimum atomic E-state index is -4.68. The Morgan fingerprint density at radius 2 is 2.11 bits per heavy atom. The standard InChI is InChI=1S/C20H28F3N7O4S/c1-4-5-6-11(14(31)15(32)25-12-7-8-24-26-12)30(18(33)34)13-9-19(2,3)10-29(13)17-28-27-16(35-17)20(21,22)23/h7-8,11,13-14,31H,4-6,9-10H2,1-3H3,(H,33,34)(H2,24,25,26,32)/t11-,13?,14?/m0/s1. The third kappa shape index (κ3) is 6.20. The number of amides is 2. The van der Waals surface area contributed by atoms with Gasteiger partial charge in [-0.15, -0.1) is 10.2 Å². The number of aromatic nitrogens is 4. The molecule has 0 spiro atoms. The molecule has 0 radical (unpaired) electrons. The normalized spacial score (nSPS) is 19.4. The summed E-state index contributed by atoms with van der Waals surface area (Å²) in [5.41, 5.74) is -0.485. The molecule has 0 saturated carbocycles. The van der Waals surface area contributed by atoms with Gasteiger partial charge in [0.1, 0.15) is 12.0 Å². The van der Waals surface area contributed by atoms with Crippen molar-refractivity contribution in [2.75, 3.05) is 16.8 Å². The Hall–Kier alpha value is -2.94. The predicted octanol–water partition coefficient (Wildman–Crippen LogP) is 3.38. The first kappa shape index (κ1) is 26.7. The zero-order valence-electron chi connectivity index (χ0n) is 19.4. The lowest BCUT2D eigenvalue weighted by Crippen LogP contribution is -2.58. The van der Waals surface area contributed by atoms with Gasteiger partial charge in [0.05, 0.1) is 12.2 Å². The number of nitrogens with zero attached hydrogens (tertiary/aromatic N) is 5. The summed E-state index contributed by atoms with van der Waals surface area (Å²) in [6.45, 7) is 5.80. The van der Waals surface area contributed by atoms with Crippen molar-refractivity contribution in [3.05, 3.63) is 17.3 Å². The van der Waals surface area contributed by atoms with E-state index >= 15 is 0 Å². The summed E-state index contributed by atoms with van der Waals surface area (Å²) in [7, 11) is 0. The number of anilines is 2. The van der Waals surface area contributed by atoms with E-state index in [0.717, 1.165) is 4.90 Å². The second-order valence-corrected chi connectivity index (χ2v) is 10.1. The van der Waals surface area contributed by atoms with Crippen LogP contribution in [0, 0.1) is 5.41 Å². The predicted molar refractivity (Wildman–Crippen MR) is 121 cm³/mol. The Morgan fingerprint density at radius 1 is 1.40 bits per heavy atom. The van der Waals surface area contributed by atoms with Gasteiger partial charge in [-0.2, -0.15) is 18.3 Å². The summed E-state index contributed by atoms with van der Waals surface area (Å²) in [5.74, 6) is -0.608. The number of aliphatic hydroxyl groups is 1. The number of alkyl halides is 3. The molecule has 35 heavy (non-hydrogen) atoms. The van der Waals surface area contributed by atoms with Gasteiger partial charge in [0.15, 0.2) is 6.10 Å². The molecule has 0 bridgehead atoms. The summed E-state index contributed by atoms with van der Waals surface area (Å²) in [6.07, 6.45) is -5.81. The first-order valence-corrected chi connectivity index (χ1v) is 11.8. The van der Waals surface area contributed by atoms with Crippen LogP contribution in [0.3, 0.4) is 0 Å². The molecule has 0 aromatic carbocycles. The average Bonchev–Trinajstić information content (AvgIpc) is 3.49. The number of aromatic amines is 1. The number of hydrogen-bond donors (Lipinski definition) is 4. The number of aliphatic hydroxyl groups excluding tert-OH is 1. The number of H-pyrrole nitrogens is 1. The van der Waals surface area contributed by atoms with Crippen molar-refractivity contribution in [3.8, 4) is 0 Å². The van der Waals surface area contributed by atoms with Crippen LogP contribution in [0.15, 0.2) is 12.3 Å². The molecule has 3 heterocycles. The summed E-state index contributed by atoms with van der Waals surface area (Å²) in [6, 6.07) is 0.307. The van der Waals surface area contributed by atoms with Crippen LogP contribution >= 0.6 is 11.3 Å². The Kier molecular flexibility index (Phi) is 7.89. The molecule has 1 saturated heterocycles. The summed E-state index contributed by atoms with van der Waals surface area (Å²) < 4.78 is 39.4. The van der Waals surface area contributed by atoms with Gasteiger partial charge in [-0.05, 0) is 18.3 Å². The number of carboxylic acid groups (broad SMARTS) is 1. The lowest BCUT2D eigenvalue weighted by molar-refractivity contribution is -0.138. The summed E-state index contributed by atoms with van der Waals surface area (Å²) in [5, 5.41) is 35.5. The van der Waals surface area contributed by atoms with Crippen molar-refractivity contribution in [2.24, 2.45) is 5.41 Å². The Bertz CT molecular complexity index is 1010. The second kappa shape index (κ2) is 10.4. The zero-order valence-corrected chi connectivity index (χ0v) is 20.2. The molecule has 194 valence electrons. The minimum Gasteiger partial charge on any atom is -0.465 e. The molecule has 1 aliphatic rings. The van der Waals surface area contributed by atoms with E-state index in [1.165, 1.54) is 17.2 Å². The highest BCUT2D eigenvalue weighted by molar-refractivity contribution is 7.15. The van der Waals surface area contributed by atoms with Crippen molar-refractivity contribution < 1.29 is 33.0 Å². The highest BCUT2D eigenvalue weighted by Crippen LogP contribution is 2.42. The van der Waals surface area contributed by atoms with Gasteiger partial charge in [-0.1, -0.05) is 44.9 Å². The van der Waals surface area contributed by atoms with E-state index in [0.29, 0.717) is 24.2 Å². The highest BCUT2D eigenvalue weighted by atomic mass is 32.1. The number of halogens is 3. The van der Waals surface area contributed by atoms with Crippen LogP contribution in [-0.2, 0) is 11.0 Å². The molecule has 2 aromatic heterocycles. The highest BCUT2D eigenvalue weighted by Gasteiger charge is 2.48. The average molecular weight is 520 g/mol. The van der Waals surface area contributed by atoms with Crippen LogP contribution in [0.5, 0.6) is 0 Å². The molecule has 3 rings (SSSR count). The molecule has 1 fully saturated rings. The molecular formula is C20H28F3N7O4S. The van der Waals surface area contributed by atoms with Gasteiger partial charge < -0.3 is 20.4 Å². The molecule has 11 nitrogen and oxygen atoms in total. The lowest BCUT2D eigenvalue weighted by atomic mass is 9.91. The van der Waals surface area contributed by atoms with Crippen molar-refractivity contribution in [1.29, 1.82) is 0 Å². The van der Waals surface area contributed by atoms with E-state index in [1.807, 2.05) is 20.8 Å². The quantitative estimate of drug-likeness (QED) is 0.394. The topological polar surface area (TPSA) is 148 Å². The molecule has 4 N–H and O–H groups in total. The maximum absolute atomic E-state index is 13.1. The van der Waals surface area contributed by atoms with Crippen LogP contribution in [0.2, 0.25) is 0 Å². The first-order valence-electron chi connectivity index (χ1n) is 11.0. The Labute approximate surface area is 203 Å². The number of nitrogens with one attached hydrogen (secondary N) is 2. The molecule has 2 aromatic rings. The molecule has 0 aliphatic carbocycles. The van der Waals surface area contributed by atoms with Crippen LogP contribution in [0.4, 0.5) is 28.9 Å². The zero-order chi connectivity index (χ0) is 26.0. The maximum atomic E-state index is 13.1. The Balaban J connectivity index is 1.96. The molecule has 15 heteroatoms. The number of rotatable bonds is 9. The number of unbranched alkanes of at least 4 members (excludes halogenated alkanes) is 1. The Morgan fingerprint density at radius 3 is 2.66 bits per heavy atom. The summed E-state index contributed by atoms with van der Waals surface area (Å²) in [4.78, 5) is 27.7. The molecule has 2 unspecified atom stereocenters. The smallest absolute Gasteiger partial charge is 0.445 e. The van der Waals surface area contributed by atoms with E-state index < -0.39 is 46.9 Å². The third-order valence-electron chi connectivity index (χ3n) is 5.74. The van der Waals surface area contributed by atoms with Gasteiger partial charge in [0, 0.05) is 12.6 Å². The monoisotopic (exact) mass is 519 g/mol. The van der Waals surface area contributed by atoms with E-state index in [-0.39, 0.29) is 30.3 Å². The van der Waals surface area contributed by atoms with Crippen LogP contribution in [0.1, 0.15) is 51.5 Å². The number of carbonyl (C=O) groups is 2. The van der Waals surface area contributed by atoms with E-state index in [4.69, 9.17) is 0 Å². The van der Waals surface area contributed by atoms with Crippen molar-refractivity contribution in [3.63, 3.8) is 0 Å². The van der Waals surface area contributed by atoms with Gasteiger partial charge in [0.25, 0.3) is 5.91 Å². The van der Waals surface area contributed by atoms with E-state index in [1.54, 1.807) is 0 Å². The van der Waals surface area contributed by atoms with Gasteiger partial charge in [-0.3, -0.25) is 14.8 Å².